The molecule has 2 aromatic carbocycles. The normalized spacial score (nSPS) is 12.7. The summed E-state index contributed by atoms with van der Waals surface area (Å²) < 4.78 is 66.0. The van der Waals surface area contributed by atoms with Crippen LogP contribution < -0.4 is 14.4 Å². The van der Waals surface area contributed by atoms with Crippen LogP contribution >= 0.6 is 0 Å². The number of benzene rings is 2. The van der Waals surface area contributed by atoms with Gasteiger partial charge in [0.1, 0.15) is 11.8 Å². The van der Waals surface area contributed by atoms with Gasteiger partial charge >= 0.3 is 6.36 Å². The van der Waals surface area contributed by atoms with E-state index in [0.29, 0.717) is 5.56 Å². The summed E-state index contributed by atoms with van der Waals surface area (Å²) in [4.78, 5) is 23.0. The number of rotatable bonds is 7. The highest BCUT2D eigenvalue weighted by Gasteiger charge is 2.32. The molecule has 0 aliphatic rings. The van der Waals surface area contributed by atoms with Crippen LogP contribution in [0.15, 0.2) is 42.5 Å². The van der Waals surface area contributed by atoms with Crippen LogP contribution in [0.25, 0.3) is 0 Å². The molecule has 31 heavy (non-hydrogen) atoms. The number of anilines is 2. The lowest BCUT2D eigenvalue weighted by atomic mass is 10.1. The number of alkyl halides is 3. The number of sulfonamides is 1. The van der Waals surface area contributed by atoms with Gasteiger partial charge in [-0.15, -0.1) is 13.2 Å². The molecule has 13 heteroatoms. The van der Waals surface area contributed by atoms with Crippen molar-refractivity contribution in [3.63, 3.8) is 0 Å². The molecule has 2 aromatic rings. The third-order valence-corrected chi connectivity index (χ3v) is 5.31. The minimum Gasteiger partial charge on any atom is -0.406 e. The Morgan fingerprint density at radius 2 is 1.77 bits per heavy atom. The fourth-order valence-electron chi connectivity index (χ4n) is 2.72. The largest absolute Gasteiger partial charge is 0.573 e. The first kappa shape index (κ1) is 23.9. The van der Waals surface area contributed by atoms with Crippen molar-refractivity contribution in [1.29, 1.82) is 0 Å². The molecule has 1 atom stereocenters. The summed E-state index contributed by atoms with van der Waals surface area (Å²) in [6, 6.07) is 6.53. The average Bonchev–Trinajstić information content (AvgIpc) is 2.62. The zero-order valence-electron chi connectivity index (χ0n) is 16.5. The predicted molar refractivity (Wildman–Crippen MR) is 106 cm³/mol. The Balaban J connectivity index is 2.31. The molecule has 0 spiro atoms. The number of non-ortho nitro benzene ring substituents is 1. The number of ether oxygens (including phenoxy) is 1. The second-order valence-electron chi connectivity index (χ2n) is 6.52. The Kier molecular flexibility index (Phi) is 6.79. The molecule has 0 saturated heterocycles. The van der Waals surface area contributed by atoms with E-state index in [1.165, 1.54) is 26.0 Å². The van der Waals surface area contributed by atoms with Crippen LogP contribution in [0.5, 0.6) is 5.75 Å². The van der Waals surface area contributed by atoms with E-state index in [9.17, 15) is 36.5 Å². The van der Waals surface area contributed by atoms with Crippen LogP contribution in [0.2, 0.25) is 0 Å². The predicted octanol–water partition coefficient (Wildman–Crippen LogP) is 3.60. The van der Waals surface area contributed by atoms with Crippen molar-refractivity contribution in [2.45, 2.75) is 26.3 Å². The van der Waals surface area contributed by atoms with Gasteiger partial charge in [-0.1, -0.05) is 6.07 Å². The minimum atomic E-state index is -4.87. The molecule has 0 aliphatic carbocycles. The van der Waals surface area contributed by atoms with E-state index in [1.54, 1.807) is 0 Å². The highest BCUT2D eigenvalue weighted by atomic mass is 32.2. The third-order valence-electron chi connectivity index (χ3n) is 4.08. The van der Waals surface area contributed by atoms with Gasteiger partial charge in [-0.25, -0.2) is 8.42 Å². The van der Waals surface area contributed by atoms with E-state index in [4.69, 9.17) is 0 Å². The zero-order chi connectivity index (χ0) is 23.6. The van der Waals surface area contributed by atoms with Gasteiger partial charge in [0, 0.05) is 17.8 Å². The lowest BCUT2D eigenvalue weighted by Crippen LogP contribution is -2.45. The number of nitrogens with zero attached hydrogens (tertiary/aromatic N) is 2. The maximum atomic E-state index is 12.7. The SMILES string of the molecule is Cc1ccc([N+](=O)[O-])cc1N([C@@H](C)C(=O)Nc1ccc(OC(F)(F)F)cc1)S(C)(=O)=O. The fourth-order valence-corrected chi connectivity index (χ4v) is 3.94. The molecule has 0 unspecified atom stereocenters. The molecule has 1 amide bonds. The summed E-state index contributed by atoms with van der Waals surface area (Å²) >= 11 is 0. The van der Waals surface area contributed by atoms with Crippen LogP contribution in [-0.4, -0.2) is 37.9 Å². The van der Waals surface area contributed by atoms with Gasteiger partial charge in [0.2, 0.25) is 15.9 Å². The Bertz CT molecular complexity index is 1090. The summed E-state index contributed by atoms with van der Waals surface area (Å²) in [6.07, 6.45) is -4.02. The summed E-state index contributed by atoms with van der Waals surface area (Å²) in [5, 5.41) is 13.5. The zero-order valence-corrected chi connectivity index (χ0v) is 17.3. The molecule has 2 rings (SSSR count). The van der Waals surface area contributed by atoms with Crippen molar-refractivity contribution in [2.75, 3.05) is 15.9 Å². The summed E-state index contributed by atoms with van der Waals surface area (Å²) in [7, 11) is -4.04. The highest BCUT2D eigenvalue weighted by Crippen LogP contribution is 2.30. The number of nitro groups is 1. The van der Waals surface area contributed by atoms with Gasteiger partial charge in [-0.05, 0) is 43.7 Å². The van der Waals surface area contributed by atoms with Crippen LogP contribution in [0.4, 0.5) is 30.2 Å². The van der Waals surface area contributed by atoms with Crippen LogP contribution in [-0.2, 0) is 14.8 Å². The second kappa shape index (κ2) is 8.79. The highest BCUT2D eigenvalue weighted by molar-refractivity contribution is 7.92. The van der Waals surface area contributed by atoms with Crippen LogP contribution in [0.1, 0.15) is 12.5 Å². The van der Waals surface area contributed by atoms with Crippen molar-refractivity contribution in [3.05, 3.63) is 58.1 Å². The molecule has 1 N–H and O–H groups in total. The molecular formula is C18H18F3N3O6S. The monoisotopic (exact) mass is 461 g/mol. The van der Waals surface area contributed by atoms with E-state index in [0.717, 1.165) is 40.9 Å². The van der Waals surface area contributed by atoms with Crippen molar-refractivity contribution < 1.29 is 36.0 Å². The van der Waals surface area contributed by atoms with E-state index in [2.05, 4.69) is 10.1 Å². The topological polar surface area (TPSA) is 119 Å². The van der Waals surface area contributed by atoms with Gasteiger partial charge in [0.25, 0.3) is 5.69 Å². The van der Waals surface area contributed by atoms with Crippen molar-refractivity contribution in [3.8, 4) is 5.75 Å². The molecule has 0 heterocycles. The number of carbonyl (C=O) groups excluding carboxylic acids is 1. The molecule has 0 bridgehead atoms. The minimum absolute atomic E-state index is 0.0479. The van der Waals surface area contributed by atoms with E-state index in [-0.39, 0.29) is 17.1 Å². The molecule has 9 nitrogen and oxygen atoms in total. The number of nitro benzene ring substituents is 1. The van der Waals surface area contributed by atoms with E-state index in [1.807, 2.05) is 0 Å². The Morgan fingerprint density at radius 3 is 2.26 bits per heavy atom. The quantitative estimate of drug-likeness (QED) is 0.497. The number of halogens is 3. The Hall–Kier alpha value is -3.35. The van der Waals surface area contributed by atoms with Crippen molar-refractivity contribution in [2.24, 2.45) is 0 Å². The molecule has 0 aromatic heterocycles. The Labute approximate surface area is 175 Å². The van der Waals surface area contributed by atoms with Gasteiger partial charge < -0.3 is 10.1 Å². The number of carbonyl (C=O) groups is 1. The fraction of sp³-hybridized carbons (Fsp3) is 0.278. The number of hydrogen-bond donors (Lipinski definition) is 1. The van der Waals surface area contributed by atoms with Crippen molar-refractivity contribution >= 4 is 33.0 Å². The molecule has 0 radical (unpaired) electrons. The standard InChI is InChI=1S/C18H18F3N3O6S/c1-11-4-7-14(24(26)27)10-16(11)23(31(3,28)29)12(2)17(25)22-13-5-8-15(9-6-13)30-18(19,20)21/h4-10,12H,1-3H3,(H,22,25)/t12-/m0/s1. The third kappa shape index (κ3) is 6.31. The lowest BCUT2D eigenvalue weighted by Gasteiger charge is -2.29. The number of hydrogen-bond acceptors (Lipinski definition) is 6. The van der Waals surface area contributed by atoms with Crippen LogP contribution in [0, 0.1) is 17.0 Å². The summed E-state index contributed by atoms with van der Waals surface area (Å²) in [6.45, 7) is 2.80. The van der Waals surface area contributed by atoms with Crippen molar-refractivity contribution in [1.82, 2.24) is 0 Å². The average molecular weight is 461 g/mol. The molecule has 0 aliphatic heterocycles. The maximum absolute atomic E-state index is 12.7. The summed E-state index contributed by atoms with van der Waals surface area (Å²) in [5.41, 5.74) is 0.0651. The maximum Gasteiger partial charge on any atom is 0.573 e. The van der Waals surface area contributed by atoms with Gasteiger partial charge in [0.05, 0.1) is 16.9 Å². The summed E-state index contributed by atoms with van der Waals surface area (Å²) in [5.74, 6) is -1.30. The molecule has 0 saturated carbocycles. The molecule has 0 fully saturated rings. The first-order chi connectivity index (χ1) is 14.2. The Morgan fingerprint density at radius 1 is 1.19 bits per heavy atom. The van der Waals surface area contributed by atoms with E-state index >= 15 is 0 Å². The van der Waals surface area contributed by atoms with E-state index < -0.39 is 39.0 Å². The first-order valence-electron chi connectivity index (χ1n) is 8.60. The second-order valence-corrected chi connectivity index (χ2v) is 8.38. The smallest absolute Gasteiger partial charge is 0.406 e. The van der Waals surface area contributed by atoms with Gasteiger partial charge in [-0.2, -0.15) is 0 Å². The first-order valence-corrected chi connectivity index (χ1v) is 10.4. The lowest BCUT2D eigenvalue weighted by molar-refractivity contribution is -0.384. The molecular weight excluding hydrogens is 443 g/mol. The van der Waals surface area contributed by atoms with Crippen LogP contribution in [0.3, 0.4) is 0 Å². The molecule has 168 valence electrons. The number of nitrogens with one attached hydrogen (secondary N) is 1. The number of amides is 1. The van der Waals surface area contributed by atoms with Gasteiger partial charge in [0.15, 0.2) is 0 Å². The number of aryl methyl sites for hydroxylation is 1. The van der Waals surface area contributed by atoms with Gasteiger partial charge in [-0.3, -0.25) is 19.2 Å².